The molecule has 2 aliphatic carbocycles. The number of benzene rings is 2. The average molecular weight is 401 g/mol. The molecule has 1 amide bonds. The highest BCUT2D eigenvalue weighted by Gasteiger charge is 2.48. The Balaban J connectivity index is 1.13. The number of carbonyl (C=O) groups is 1. The lowest BCUT2D eigenvalue weighted by molar-refractivity contribution is -0.123. The van der Waals surface area contributed by atoms with E-state index in [1.54, 1.807) is 0 Å². The Morgan fingerprint density at radius 1 is 1.10 bits per heavy atom. The van der Waals surface area contributed by atoms with E-state index in [2.05, 4.69) is 64.2 Å². The van der Waals surface area contributed by atoms with Gasteiger partial charge in [-0.15, -0.1) is 0 Å². The summed E-state index contributed by atoms with van der Waals surface area (Å²) in [7, 11) is 0. The van der Waals surface area contributed by atoms with Crippen LogP contribution in [0, 0.1) is 12.8 Å². The highest BCUT2D eigenvalue weighted by atomic mass is 16.2. The first-order valence-corrected chi connectivity index (χ1v) is 11.3. The van der Waals surface area contributed by atoms with E-state index in [-0.39, 0.29) is 23.8 Å². The van der Waals surface area contributed by atoms with Crippen LogP contribution in [0.15, 0.2) is 48.5 Å². The smallest absolute Gasteiger partial charge is 0.224 e. The van der Waals surface area contributed by atoms with E-state index in [0.29, 0.717) is 6.04 Å². The van der Waals surface area contributed by atoms with Crippen LogP contribution in [0.1, 0.15) is 49.0 Å². The van der Waals surface area contributed by atoms with Gasteiger partial charge in [-0.25, -0.2) is 4.98 Å². The number of hydrogen-bond donors (Lipinski definition) is 1. The van der Waals surface area contributed by atoms with Crippen LogP contribution in [0.3, 0.4) is 0 Å². The number of nitrogens with zero attached hydrogens (tertiary/aromatic N) is 3. The predicted molar refractivity (Wildman–Crippen MR) is 119 cm³/mol. The second-order valence-electron chi connectivity index (χ2n) is 9.29. The number of carbonyl (C=O) groups excluding carboxylic acids is 1. The molecule has 3 atom stereocenters. The van der Waals surface area contributed by atoms with Gasteiger partial charge in [0.05, 0.1) is 11.0 Å². The van der Waals surface area contributed by atoms with Crippen molar-refractivity contribution in [3.05, 3.63) is 59.9 Å². The van der Waals surface area contributed by atoms with Crippen molar-refractivity contribution < 1.29 is 4.79 Å². The number of aryl methyl sites for hydroxylation is 1. The third-order valence-corrected chi connectivity index (χ3v) is 6.90. The number of nitrogens with one attached hydrogen (secondary N) is 1. The van der Waals surface area contributed by atoms with Gasteiger partial charge in [-0.05, 0) is 62.4 Å². The molecule has 30 heavy (non-hydrogen) atoms. The maximum absolute atomic E-state index is 13.0. The topological polar surface area (TPSA) is 50.2 Å². The summed E-state index contributed by atoms with van der Waals surface area (Å²) in [6.07, 6.45) is 4.40. The van der Waals surface area contributed by atoms with Gasteiger partial charge < -0.3 is 14.8 Å². The maximum Gasteiger partial charge on any atom is 0.224 e. The molecule has 154 valence electrons. The van der Waals surface area contributed by atoms with Crippen molar-refractivity contribution in [3.8, 4) is 0 Å². The molecule has 3 aromatic rings. The van der Waals surface area contributed by atoms with Gasteiger partial charge in [0.25, 0.3) is 0 Å². The Morgan fingerprint density at radius 2 is 1.97 bits per heavy atom. The summed E-state index contributed by atoms with van der Waals surface area (Å²) in [4.78, 5) is 20.3. The fraction of sp³-hybridized carbons (Fsp3) is 0.440. The Hall–Kier alpha value is -2.82. The molecule has 0 radical (unpaired) electrons. The molecule has 3 fully saturated rings. The van der Waals surface area contributed by atoms with Crippen LogP contribution < -0.4 is 10.2 Å². The minimum atomic E-state index is 0.0762. The number of anilines is 1. The van der Waals surface area contributed by atoms with Gasteiger partial charge in [0.2, 0.25) is 5.91 Å². The first-order valence-electron chi connectivity index (χ1n) is 11.3. The fourth-order valence-corrected chi connectivity index (χ4v) is 5.06. The second kappa shape index (κ2) is 6.86. The van der Waals surface area contributed by atoms with Gasteiger partial charge in [-0.2, -0.15) is 0 Å². The molecule has 1 aliphatic heterocycles. The van der Waals surface area contributed by atoms with Crippen molar-refractivity contribution in [2.24, 2.45) is 5.92 Å². The number of amides is 1. The quantitative estimate of drug-likeness (QED) is 0.699. The number of hydrogen-bond acceptors (Lipinski definition) is 3. The molecular weight excluding hydrogens is 372 g/mol. The number of para-hydroxylation sites is 2. The molecule has 0 spiro atoms. The normalized spacial score (nSPS) is 25.6. The highest BCUT2D eigenvalue weighted by molar-refractivity contribution is 5.84. The summed E-state index contributed by atoms with van der Waals surface area (Å²) in [5.74, 6) is 1.69. The van der Waals surface area contributed by atoms with Crippen LogP contribution in [-0.2, 0) is 4.79 Å². The van der Waals surface area contributed by atoms with Crippen LogP contribution >= 0.6 is 0 Å². The highest BCUT2D eigenvalue weighted by Crippen LogP contribution is 2.51. The maximum atomic E-state index is 13.0. The second-order valence-corrected chi connectivity index (χ2v) is 9.29. The standard InChI is InChI=1S/C25H28N4O/c1-16-5-4-6-19(13-16)28-12-11-17(15-28)26-25(30)21-14-20(21)24-27-22-7-2-3-8-23(22)29(24)18-9-10-18/h2-8,13,17-18,20-21H,9-12,14-15H2,1H3,(H,26,30)/t17-,20+,21+/m1/s1. The van der Waals surface area contributed by atoms with Crippen LogP contribution in [0.2, 0.25) is 0 Å². The molecular formula is C25H28N4O. The first kappa shape index (κ1) is 18.0. The molecule has 1 saturated heterocycles. The molecule has 6 rings (SSSR count). The molecule has 0 unspecified atom stereocenters. The van der Waals surface area contributed by atoms with Crippen molar-refractivity contribution in [2.75, 3.05) is 18.0 Å². The number of aromatic nitrogens is 2. The van der Waals surface area contributed by atoms with Crippen molar-refractivity contribution in [1.29, 1.82) is 0 Å². The zero-order valence-corrected chi connectivity index (χ0v) is 17.4. The SMILES string of the molecule is Cc1cccc(N2CC[C@@H](NC(=O)[C@H]3C[C@@H]3c3nc4ccccc4n3C3CC3)C2)c1. The summed E-state index contributed by atoms with van der Waals surface area (Å²) in [5.41, 5.74) is 4.83. The van der Waals surface area contributed by atoms with Gasteiger partial charge in [0, 0.05) is 42.7 Å². The van der Waals surface area contributed by atoms with Crippen LogP contribution in [-0.4, -0.2) is 34.6 Å². The molecule has 5 nitrogen and oxygen atoms in total. The summed E-state index contributed by atoms with van der Waals surface area (Å²) in [5, 5.41) is 3.34. The largest absolute Gasteiger partial charge is 0.369 e. The van der Waals surface area contributed by atoms with Crippen molar-refractivity contribution in [1.82, 2.24) is 14.9 Å². The molecule has 5 heteroatoms. The zero-order chi connectivity index (χ0) is 20.2. The third kappa shape index (κ3) is 3.17. The minimum Gasteiger partial charge on any atom is -0.369 e. The monoisotopic (exact) mass is 400 g/mol. The van der Waals surface area contributed by atoms with Gasteiger partial charge in [-0.1, -0.05) is 24.3 Å². The zero-order valence-electron chi connectivity index (χ0n) is 17.4. The Morgan fingerprint density at radius 3 is 2.80 bits per heavy atom. The number of rotatable bonds is 5. The summed E-state index contributed by atoms with van der Waals surface area (Å²) < 4.78 is 2.42. The van der Waals surface area contributed by atoms with E-state index in [0.717, 1.165) is 37.3 Å². The van der Waals surface area contributed by atoms with Crippen LogP contribution in [0.4, 0.5) is 5.69 Å². The van der Waals surface area contributed by atoms with E-state index in [9.17, 15) is 4.79 Å². The number of fused-ring (bicyclic) bond motifs is 1. The Labute approximate surface area is 177 Å². The Kier molecular flexibility index (Phi) is 4.12. The lowest BCUT2D eigenvalue weighted by Crippen LogP contribution is -2.38. The molecule has 2 saturated carbocycles. The minimum absolute atomic E-state index is 0.0762. The van der Waals surface area contributed by atoms with Gasteiger partial charge in [0.1, 0.15) is 5.82 Å². The fourth-order valence-electron chi connectivity index (χ4n) is 5.06. The first-order chi connectivity index (χ1) is 14.7. The van der Waals surface area contributed by atoms with Crippen LogP contribution in [0.25, 0.3) is 11.0 Å². The molecule has 2 heterocycles. The number of imidazole rings is 1. The molecule has 3 aliphatic rings. The lowest BCUT2D eigenvalue weighted by Gasteiger charge is -2.19. The van der Waals surface area contributed by atoms with Crippen molar-refractivity contribution >= 4 is 22.6 Å². The lowest BCUT2D eigenvalue weighted by atomic mass is 10.2. The molecule has 1 aromatic heterocycles. The molecule has 2 aromatic carbocycles. The van der Waals surface area contributed by atoms with Crippen LogP contribution in [0.5, 0.6) is 0 Å². The van der Waals surface area contributed by atoms with Gasteiger partial charge >= 0.3 is 0 Å². The van der Waals surface area contributed by atoms with E-state index in [4.69, 9.17) is 4.98 Å². The van der Waals surface area contributed by atoms with Crippen molar-refractivity contribution in [3.63, 3.8) is 0 Å². The van der Waals surface area contributed by atoms with E-state index < -0.39 is 0 Å². The van der Waals surface area contributed by atoms with E-state index in [1.165, 1.54) is 29.6 Å². The average Bonchev–Trinajstić information content (AvgIpc) is 3.66. The van der Waals surface area contributed by atoms with Crippen molar-refractivity contribution in [2.45, 2.75) is 50.6 Å². The van der Waals surface area contributed by atoms with E-state index >= 15 is 0 Å². The van der Waals surface area contributed by atoms with Gasteiger partial charge in [-0.3, -0.25) is 4.79 Å². The summed E-state index contributed by atoms with van der Waals surface area (Å²) in [6, 6.07) is 17.8. The summed E-state index contributed by atoms with van der Waals surface area (Å²) >= 11 is 0. The Bertz CT molecular complexity index is 1120. The molecule has 1 N–H and O–H groups in total. The van der Waals surface area contributed by atoms with E-state index in [1.807, 2.05) is 6.07 Å². The predicted octanol–water partition coefficient (Wildman–Crippen LogP) is 4.18. The molecule has 0 bridgehead atoms. The van der Waals surface area contributed by atoms with Gasteiger partial charge in [0.15, 0.2) is 0 Å². The third-order valence-electron chi connectivity index (χ3n) is 6.90. The summed E-state index contributed by atoms with van der Waals surface area (Å²) in [6.45, 7) is 4.02.